The quantitative estimate of drug-likeness (QED) is 0.816. The van der Waals surface area contributed by atoms with E-state index in [9.17, 15) is 9.18 Å². The Morgan fingerprint density at radius 1 is 1.28 bits per heavy atom. The van der Waals surface area contributed by atoms with Gasteiger partial charge in [-0.3, -0.25) is 4.79 Å². The van der Waals surface area contributed by atoms with Gasteiger partial charge >= 0.3 is 0 Å². The monoisotopic (exact) mass is 248 g/mol. The number of rotatable bonds is 4. The molecule has 0 saturated carbocycles. The van der Waals surface area contributed by atoms with E-state index >= 15 is 0 Å². The molecule has 0 aliphatic carbocycles. The van der Waals surface area contributed by atoms with Crippen LogP contribution in [0.25, 0.3) is 10.9 Å². The minimum atomic E-state index is -0.254. The van der Waals surface area contributed by atoms with Gasteiger partial charge in [-0.25, -0.2) is 4.39 Å². The third-order valence-electron chi connectivity index (χ3n) is 3.15. The molecule has 1 aromatic carbocycles. The smallest absolute Gasteiger partial charge is 0.242 e. The Morgan fingerprint density at radius 3 is 2.67 bits per heavy atom. The van der Waals surface area contributed by atoms with Gasteiger partial charge in [-0.05, 0) is 38.1 Å². The van der Waals surface area contributed by atoms with Crippen molar-refractivity contribution in [3.8, 4) is 0 Å². The number of likely N-dealkylation sites (N-methyl/N-ethyl adjacent to an activating group) is 1. The Bertz CT molecular complexity index is 558. The topological polar surface area (TPSA) is 25.2 Å². The summed E-state index contributed by atoms with van der Waals surface area (Å²) in [4.78, 5) is 13.8. The van der Waals surface area contributed by atoms with Crippen LogP contribution in [0.2, 0.25) is 0 Å². The zero-order valence-corrected chi connectivity index (χ0v) is 10.7. The van der Waals surface area contributed by atoms with E-state index in [-0.39, 0.29) is 11.7 Å². The molecule has 0 atom stereocenters. The van der Waals surface area contributed by atoms with Crippen LogP contribution in [-0.2, 0) is 11.3 Å². The van der Waals surface area contributed by atoms with Crippen molar-refractivity contribution in [3.63, 3.8) is 0 Å². The third kappa shape index (κ3) is 2.37. The van der Waals surface area contributed by atoms with Crippen LogP contribution < -0.4 is 0 Å². The largest absolute Gasteiger partial charge is 0.342 e. The molecule has 18 heavy (non-hydrogen) atoms. The average molecular weight is 248 g/mol. The molecule has 2 rings (SSSR count). The van der Waals surface area contributed by atoms with E-state index in [2.05, 4.69) is 0 Å². The average Bonchev–Trinajstić information content (AvgIpc) is 2.73. The molecule has 0 spiro atoms. The number of benzene rings is 1. The molecular weight excluding hydrogens is 231 g/mol. The highest BCUT2D eigenvalue weighted by Gasteiger charge is 2.11. The van der Waals surface area contributed by atoms with E-state index in [0.717, 1.165) is 10.9 Å². The minimum Gasteiger partial charge on any atom is -0.342 e. The van der Waals surface area contributed by atoms with Gasteiger partial charge in [0.25, 0.3) is 0 Å². The molecule has 0 aliphatic heterocycles. The predicted octanol–water partition coefficient (Wildman–Crippen LogP) is 2.65. The first-order valence-electron chi connectivity index (χ1n) is 6.18. The van der Waals surface area contributed by atoms with Gasteiger partial charge in [0.1, 0.15) is 12.4 Å². The predicted molar refractivity (Wildman–Crippen MR) is 69.8 cm³/mol. The van der Waals surface area contributed by atoms with E-state index in [1.807, 2.05) is 30.7 Å². The van der Waals surface area contributed by atoms with Crippen molar-refractivity contribution in [2.24, 2.45) is 0 Å². The van der Waals surface area contributed by atoms with Crippen LogP contribution in [-0.4, -0.2) is 28.5 Å². The van der Waals surface area contributed by atoms with E-state index in [0.29, 0.717) is 19.6 Å². The fraction of sp³-hybridized carbons (Fsp3) is 0.357. The number of aromatic nitrogens is 1. The van der Waals surface area contributed by atoms with Gasteiger partial charge in [-0.15, -0.1) is 0 Å². The van der Waals surface area contributed by atoms with Crippen LogP contribution in [0.5, 0.6) is 0 Å². The van der Waals surface area contributed by atoms with Gasteiger partial charge in [0, 0.05) is 30.2 Å². The summed E-state index contributed by atoms with van der Waals surface area (Å²) in [6, 6.07) is 6.43. The van der Waals surface area contributed by atoms with Crippen LogP contribution in [0.4, 0.5) is 4.39 Å². The first kappa shape index (κ1) is 12.6. The van der Waals surface area contributed by atoms with Crippen molar-refractivity contribution < 1.29 is 9.18 Å². The number of carbonyl (C=O) groups excluding carboxylic acids is 1. The standard InChI is InChI=1S/C14H17FN2O/c1-3-16(4-2)14(18)10-17-8-7-11-9-12(15)5-6-13(11)17/h5-9H,3-4,10H2,1-2H3. The van der Waals surface area contributed by atoms with Crippen molar-refractivity contribution in [1.82, 2.24) is 9.47 Å². The second-order valence-corrected chi connectivity index (χ2v) is 4.21. The molecule has 0 unspecified atom stereocenters. The minimum absolute atomic E-state index is 0.0850. The normalized spacial score (nSPS) is 10.8. The maximum atomic E-state index is 13.1. The molecule has 2 aromatic rings. The first-order chi connectivity index (χ1) is 8.65. The van der Waals surface area contributed by atoms with Crippen LogP contribution >= 0.6 is 0 Å². The lowest BCUT2D eigenvalue weighted by Crippen LogP contribution is -2.33. The fourth-order valence-electron chi connectivity index (χ4n) is 2.13. The van der Waals surface area contributed by atoms with Crippen molar-refractivity contribution in [2.75, 3.05) is 13.1 Å². The molecule has 1 heterocycles. The van der Waals surface area contributed by atoms with Gasteiger partial charge in [0.15, 0.2) is 0 Å². The van der Waals surface area contributed by atoms with Gasteiger partial charge in [-0.1, -0.05) is 0 Å². The lowest BCUT2D eigenvalue weighted by Gasteiger charge is -2.19. The summed E-state index contributed by atoms with van der Waals surface area (Å²) in [7, 11) is 0. The second kappa shape index (κ2) is 5.21. The molecule has 1 amide bonds. The van der Waals surface area contributed by atoms with Crippen molar-refractivity contribution in [2.45, 2.75) is 20.4 Å². The van der Waals surface area contributed by atoms with E-state index in [1.165, 1.54) is 12.1 Å². The van der Waals surface area contributed by atoms with Crippen molar-refractivity contribution in [3.05, 3.63) is 36.3 Å². The summed E-state index contributed by atoms with van der Waals surface area (Å²) in [5, 5.41) is 0.822. The molecule has 0 bridgehead atoms. The second-order valence-electron chi connectivity index (χ2n) is 4.21. The van der Waals surface area contributed by atoms with E-state index in [4.69, 9.17) is 0 Å². The zero-order valence-electron chi connectivity index (χ0n) is 10.7. The Morgan fingerprint density at radius 2 is 2.00 bits per heavy atom. The Balaban J connectivity index is 2.24. The van der Waals surface area contributed by atoms with Gasteiger partial charge < -0.3 is 9.47 Å². The summed E-state index contributed by atoms with van der Waals surface area (Å²) in [5.74, 6) is -0.169. The number of fused-ring (bicyclic) bond motifs is 1. The summed E-state index contributed by atoms with van der Waals surface area (Å²) < 4.78 is 14.9. The van der Waals surface area contributed by atoms with Gasteiger partial charge in [-0.2, -0.15) is 0 Å². The highest BCUT2D eigenvalue weighted by Crippen LogP contribution is 2.17. The summed E-state index contributed by atoms with van der Waals surface area (Å²) in [6.07, 6.45) is 1.82. The maximum Gasteiger partial charge on any atom is 0.242 e. The third-order valence-corrected chi connectivity index (χ3v) is 3.15. The molecule has 3 nitrogen and oxygen atoms in total. The number of amides is 1. The van der Waals surface area contributed by atoms with Crippen molar-refractivity contribution in [1.29, 1.82) is 0 Å². The SMILES string of the molecule is CCN(CC)C(=O)Cn1ccc2cc(F)ccc21. The number of hydrogen-bond acceptors (Lipinski definition) is 1. The lowest BCUT2D eigenvalue weighted by molar-refractivity contribution is -0.131. The van der Waals surface area contributed by atoms with Gasteiger partial charge in [0.05, 0.1) is 0 Å². The molecule has 0 aliphatic rings. The number of hydrogen-bond donors (Lipinski definition) is 0. The zero-order chi connectivity index (χ0) is 13.1. The highest BCUT2D eigenvalue weighted by atomic mass is 19.1. The van der Waals surface area contributed by atoms with E-state index in [1.54, 1.807) is 11.0 Å². The maximum absolute atomic E-state index is 13.1. The molecule has 0 fully saturated rings. The Hall–Kier alpha value is -1.84. The fourth-order valence-corrected chi connectivity index (χ4v) is 2.13. The lowest BCUT2D eigenvalue weighted by atomic mass is 10.2. The summed E-state index contributed by atoms with van der Waals surface area (Å²) in [6.45, 7) is 5.65. The highest BCUT2D eigenvalue weighted by molar-refractivity contribution is 5.83. The van der Waals surface area contributed by atoms with Crippen LogP contribution in [0.3, 0.4) is 0 Å². The van der Waals surface area contributed by atoms with Crippen LogP contribution in [0.1, 0.15) is 13.8 Å². The van der Waals surface area contributed by atoms with E-state index < -0.39 is 0 Å². The van der Waals surface area contributed by atoms with Gasteiger partial charge in [0.2, 0.25) is 5.91 Å². The molecule has 4 heteroatoms. The van der Waals surface area contributed by atoms with Crippen molar-refractivity contribution >= 4 is 16.8 Å². The summed E-state index contributed by atoms with van der Waals surface area (Å²) >= 11 is 0. The summed E-state index contributed by atoms with van der Waals surface area (Å²) in [5.41, 5.74) is 0.886. The van der Waals surface area contributed by atoms with Crippen LogP contribution in [0.15, 0.2) is 30.5 Å². The molecule has 0 radical (unpaired) electrons. The Labute approximate surface area is 106 Å². The molecular formula is C14H17FN2O. The van der Waals surface area contributed by atoms with Crippen LogP contribution in [0, 0.1) is 5.82 Å². The Kier molecular flexibility index (Phi) is 3.65. The molecule has 96 valence electrons. The first-order valence-corrected chi connectivity index (χ1v) is 6.18. The molecule has 0 saturated heterocycles. The number of nitrogens with zero attached hydrogens (tertiary/aromatic N) is 2. The molecule has 1 aromatic heterocycles. The number of halogens is 1. The number of carbonyl (C=O) groups is 1. The molecule has 0 N–H and O–H groups in total.